The maximum atomic E-state index is 12.7. The molecule has 112 valence electrons. The number of hydrogen-bond donors (Lipinski definition) is 1. The lowest BCUT2D eigenvalue weighted by atomic mass is 10.1. The lowest BCUT2D eigenvalue weighted by Crippen LogP contribution is -2.35. The Kier molecular flexibility index (Phi) is 4.80. The summed E-state index contributed by atoms with van der Waals surface area (Å²) in [5.41, 5.74) is 6.65. The molecule has 0 bridgehead atoms. The molecule has 1 unspecified atom stereocenters. The highest BCUT2D eigenvalue weighted by atomic mass is 32.2. The minimum Gasteiger partial charge on any atom is -0.383 e. The molecule has 1 saturated carbocycles. The van der Waals surface area contributed by atoms with E-state index >= 15 is 0 Å². The van der Waals surface area contributed by atoms with E-state index in [1.54, 1.807) is 29.6 Å². The van der Waals surface area contributed by atoms with E-state index < -0.39 is 10.0 Å². The second-order valence-corrected chi connectivity index (χ2v) is 7.09. The third-order valence-electron chi connectivity index (χ3n) is 3.46. The van der Waals surface area contributed by atoms with Gasteiger partial charge in [0.2, 0.25) is 10.0 Å². The van der Waals surface area contributed by atoms with Gasteiger partial charge in [-0.05, 0) is 37.5 Å². The molecule has 2 N–H and O–H groups in total. The number of ether oxygens (including phenoxy) is 1. The number of nitrogens with zero attached hydrogens (tertiary/aromatic N) is 1. The molecule has 1 aliphatic carbocycles. The van der Waals surface area contributed by atoms with Crippen LogP contribution in [-0.4, -0.2) is 39.0 Å². The number of hydrogen-bond acceptors (Lipinski definition) is 4. The van der Waals surface area contributed by atoms with Gasteiger partial charge < -0.3 is 10.5 Å². The van der Waals surface area contributed by atoms with Crippen LogP contribution in [0.2, 0.25) is 0 Å². The van der Waals surface area contributed by atoms with Gasteiger partial charge in [0.15, 0.2) is 0 Å². The van der Waals surface area contributed by atoms with Gasteiger partial charge in [0, 0.05) is 25.7 Å². The highest BCUT2D eigenvalue weighted by Gasteiger charge is 2.37. The molecule has 0 radical (unpaired) electrons. The molecule has 0 aromatic heterocycles. The van der Waals surface area contributed by atoms with Crippen LogP contribution in [0.4, 0.5) is 0 Å². The molecule has 1 aliphatic rings. The lowest BCUT2D eigenvalue weighted by Gasteiger charge is -2.22. The van der Waals surface area contributed by atoms with Gasteiger partial charge in [0.25, 0.3) is 0 Å². The van der Waals surface area contributed by atoms with Crippen LogP contribution in [0.3, 0.4) is 0 Å². The predicted octanol–water partition coefficient (Wildman–Crippen LogP) is 1.51. The average molecular weight is 298 g/mol. The van der Waals surface area contributed by atoms with Gasteiger partial charge in [0.05, 0.1) is 11.5 Å². The van der Waals surface area contributed by atoms with E-state index in [9.17, 15) is 8.42 Å². The predicted molar refractivity (Wildman–Crippen MR) is 77.8 cm³/mol. The van der Waals surface area contributed by atoms with Gasteiger partial charge in [0.1, 0.15) is 0 Å². The number of methoxy groups -OCH3 is 1. The summed E-state index contributed by atoms with van der Waals surface area (Å²) < 4.78 is 32.0. The molecule has 1 fully saturated rings. The van der Waals surface area contributed by atoms with Crippen LogP contribution in [0, 0.1) is 0 Å². The number of rotatable bonds is 7. The van der Waals surface area contributed by atoms with Gasteiger partial charge in [-0.2, -0.15) is 4.31 Å². The van der Waals surface area contributed by atoms with Gasteiger partial charge >= 0.3 is 0 Å². The van der Waals surface area contributed by atoms with Gasteiger partial charge in [-0.3, -0.25) is 0 Å². The molecule has 2 rings (SSSR count). The van der Waals surface area contributed by atoms with Crippen LogP contribution in [0.15, 0.2) is 29.2 Å². The monoisotopic (exact) mass is 298 g/mol. The third kappa shape index (κ3) is 3.38. The van der Waals surface area contributed by atoms with Crippen molar-refractivity contribution >= 4 is 10.0 Å². The minimum absolute atomic E-state index is 0.120. The zero-order valence-electron chi connectivity index (χ0n) is 12.0. The van der Waals surface area contributed by atoms with Crippen molar-refractivity contribution in [1.29, 1.82) is 0 Å². The standard InChI is InChI=1S/C14H22N2O3S/c1-11(15)12-4-3-5-14(10-12)20(17,18)16(8-9-19-2)13-6-7-13/h3-5,10-11,13H,6-9,15H2,1-2H3. The second kappa shape index (κ2) is 6.22. The van der Waals surface area contributed by atoms with Crippen molar-refractivity contribution < 1.29 is 13.2 Å². The first-order chi connectivity index (χ1) is 9.46. The SMILES string of the molecule is COCCN(C1CC1)S(=O)(=O)c1cccc(C(C)N)c1. The van der Waals surface area contributed by atoms with Gasteiger partial charge in [-0.1, -0.05) is 12.1 Å². The van der Waals surface area contributed by atoms with Crippen LogP contribution < -0.4 is 5.73 Å². The maximum Gasteiger partial charge on any atom is 0.243 e. The number of nitrogens with two attached hydrogens (primary N) is 1. The quantitative estimate of drug-likeness (QED) is 0.828. The maximum absolute atomic E-state index is 12.7. The Morgan fingerprint density at radius 1 is 1.45 bits per heavy atom. The highest BCUT2D eigenvalue weighted by molar-refractivity contribution is 7.89. The average Bonchev–Trinajstić information content (AvgIpc) is 3.23. The fourth-order valence-electron chi connectivity index (χ4n) is 2.14. The first-order valence-electron chi connectivity index (χ1n) is 6.83. The van der Waals surface area contributed by atoms with Crippen LogP contribution in [0.1, 0.15) is 31.4 Å². The third-order valence-corrected chi connectivity index (χ3v) is 5.41. The van der Waals surface area contributed by atoms with Crippen molar-refractivity contribution in [2.45, 2.75) is 36.7 Å². The van der Waals surface area contributed by atoms with Crippen molar-refractivity contribution in [3.05, 3.63) is 29.8 Å². The molecule has 0 aliphatic heterocycles. The van der Waals surface area contributed by atoms with E-state index in [2.05, 4.69) is 0 Å². The summed E-state index contributed by atoms with van der Waals surface area (Å²) in [5.74, 6) is 0. The van der Waals surface area contributed by atoms with Crippen LogP contribution in [-0.2, 0) is 14.8 Å². The second-order valence-electron chi connectivity index (χ2n) is 5.20. The normalized spacial score (nSPS) is 17.4. The molecular formula is C14H22N2O3S. The highest BCUT2D eigenvalue weighted by Crippen LogP contribution is 2.32. The van der Waals surface area contributed by atoms with Crippen LogP contribution in [0.5, 0.6) is 0 Å². The molecular weight excluding hydrogens is 276 g/mol. The van der Waals surface area contributed by atoms with Crippen molar-refractivity contribution in [3.63, 3.8) is 0 Å². The Morgan fingerprint density at radius 2 is 2.15 bits per heavy atom. The first kappa shape index (κ1) is 15.4. The van der Waals surface area contributed by atoms with Gasteiger partial charge in [-0.15, -0.1) is 0 Å². The molecule has 5 nitrogen and oxygen atoms in total. The zero-order valence-corrected chi connectivity index (χ0v) is 12.8. The van der Waals surface area contributed by atoms with E-state index in [0.717, 1.165) is 18.4 Å². The summed E-state index contributed by atoms with van der Waals surface area (Å²) in [6, 6.07) is 6.83. The summed E-state index contributed by atoms with van der Waals surface area (Å²) >= 11 is 0. The Labute approximate surface area is 120 Å². The molecule has 1 aromatic carbocycles. The topological polar surface area (TPSA) is 72.6 Å². The minimum atomic E-state index is -3.47. The number of benzene rings is 1. The molecule has 1 aromatic rings. The van der Waals surface area contributed by atoms with Crippen molar-refractivity contribution in [2.24, 2.45) is 5.73 Å². The number of sulfonamides is 1. The van der Waals surface area contributed by atoms with E-state index in [0.29, 0.717) is 18.0 Å². The molecule has 0 amide bonds. The van der Waals surface area contributed by atoms with E-state index in [1.165, 1.54) is 0 Å². The van der Waals surface area contributed by atoms with Crippen molar-refractivity contribution in [1.82, 2.24) is 4.31 Å². The Bertz CT molecular complexity index is 553. The summed E-state index contributed by atoms with van der Waals surface area (Å²) in [7, 11) is -1.89. The Hall–Kier alpha value is -0.950. The molecule has 1 atom stereocenters. The summed E-state index contributed by atoms with van der Waals surface area (Å²) in [6.07, 6.45) is 1.85. The van der Waals surface area contributed by atoms with Crippen LogP contribution >= 0.6 is 0 Å². The van der Waals surface area contributed by atoms with E-state index in [1.807, 2.05) is 13.0 Å². The Morgan fingerprint density at radius 3 is 2.70 bits per heavy atom. The molecule has 0 spiro atoms. The fraction of sp³-hybridized carbons (Fsp3) is 0.571. The van der Waals surface area contributed by atoms with E-state index in [-0.39, 0.29) is 12.1 Å². The van der Waals surface area contributed by atoms with Crippen molar-refractivity contribution in [3.8, 4) is 0 Å². The smallest absolute Gasteiger partial charge is 0.243 e. The molecule has 0 heterocycles. The van der Waals surface area contributed by atoms with E-state index in [4.69, 9.17) is 10.5 Å². The lowest BCUT2D eigenvalue weighted by molar-refractivity contribution is 0.177. The first-order valence-corrected chi connectivity index (χ1v) is 8.27. The summed E-state index contributed by atoms with van der Waals surface area (Å²) in [5, 5.41) is 0. The molecule has 0 saturated heterocycles. The fourth-order valence-corrected chi connectivity index (χ4v) is 3.86. The summed E-state index contributed by atoms with van der Waals surface area (Å²) in [6.45, 7) is 2.64. The zero-order chi connectivity index (χ0) is 14.8. The summed E-state index contributed by atoms with van der Waals surface area (Å²) in [4.78, 5) is 0.315. The molecule has 6 heteroatoms. The van der Waals surface area contributed by atoms with Crippen molar-refractivity contribution in [2.75, 3.05) is 20.3 Å². The van der Waals surface area contributed by atoms with Gasteiger partial charge in [-0.25, -0.2) is 8.42 Å². The molecule has 20 heavy (non-hydrogen) atoms. The Balaban J connectivity index is 2.29. The largest absolute Gasteiger partial charge is 0.383 e. The van der Waals surface area contributed by atoms with Crippen LogP contribution in [0.25, 0.3) is 0 Å².